The van der Waals surface area contributed by atoms with Gasteiger partial charge < -0.3 is 19.7 Å². The van der Waals surface area contributed by atoms with Gasteiger partial charge in [-0.25, -0.2) is 9.97 Å². The van der Waals surface area contributed by atoms with Crippen LogP contribution in [0.15, 0.2) is 30.7 Å². The number of nitrogens with one attached hydrogen (secondary N) is 1. The van der Waals surface area contributed by atoms with Gasteiger partial charge in [-0.05, 0) is 59.0 Å². The van der Waals surface area contributed by atoms with Gasteiger partial charge in [-0.1, -0.05) is 0 Å². The molecule has 0 saturated carbocycles. The minimum absolute atomic E-state index is 0.0715. The fourth-order valence-corrected chi connectivity index (χ4v) is 3.79. The normalized spacial score (nSPS) is 17.1. The van der Waals surface area contributed by atoms with Crippen LogP contribution in [0.4, 0.5) is 5.82 Å². The Bertz CT molecular complexity index is 755. The second-order valence-electron chi connectivity index (χ2n) is 7.69. The molecule has 1 fully saturated rings. The van der Waals surface area contributed by atoms with Gasteiger partial charge in [0, 0.05) is 50.7 Å². The molecule has 2 aromatic rings. The van der Waals surface area contributed by atoms with Crippen molar-refractivity contribution < 1.29 is 4.79 Å². The van der Waals surface area contributed by atoms with Crippen molar-refractivity contribution >= 4 is 11.7 Å². The number of imidazole rings is 1. The van der Waals surface area contributed by atoms with Crippen molar-refractivity contribution in [2.75, 3.05) is 45.2 Å². The Kier molecular flexibility index (Phi) is 7.03. The lowest BCUT2D eigenvalue weighted by molar-refractivity contribution is 0.0955. The molecular weight excluding hydrogens is 352 g/mol. The number of nitrogens with zero attached hydrogens (tertiary/aromatic N) is 5. The maximum absolute atomic E-state index is 11.9. The summed E-state index contributed by atoms with van der Waals surface area (Å²) in [5.74, 6) is 2.46. The van der Waals surface area contributed by atoms with Crippen molar-refractivity contribution in [3.63, 3.8) is 0 Å². The van der Waals surface area contributed by atoms with Gasteiger partial charge in [0.15, 0.2) is 0 Å². The van der Waals surface area contributed by atoms with Crippen molar-refractivity contribution in [1.29, 1.82) is 0 Å². The predicted octanol–water partition coefficient (Wildman–Crippen LogP) is 2.36. The van der Waals surface area contributed by atoms with E-state index in [0.29, 0.717) is 18.0 Å². The smallest absolute Gasteiger partial charge is 0.252 e. The van der Waals surface area contributed by atoms with Gasteiger partial charge in [0.05, 0.1) is 5.56 Å². The second kappa shape index (κ2) is 9.68. The van der Waals surface area contributed by atoms with E-state index in [-0.39, 0.29) is 5.91 Å². The first-order valence-corrected chi connectivity index (χ1v) is 10.2. The quantitative estimate of drug-likeness (QED) is 0.757. The fourth-order valence-electron chi connectivity index (χ4n) is 3.79. The Morgan fingerprint density at radius 2 is 2.18 bits per heavy atom. The highest BCUT2D eigenvalue weighted by atomic mass is 16.1. The monoisotopic (exact) mass is 384 g/mol. The zero-order valence-electron chi connectivity index (χ0n) is 17.3. The van der Waals surface area contributed by atoms with Crippen molar-refractivity contribution in [1.82, 2.24) is 24.8 Å². The maximum atomic E-state index is 11.9. The summed E-state index contributed by atoms with van der Waals surface area (Å²) in [6.07, 6.45) is 9.08. The molecule has 0 spiro atoms. The van der Waals surface area contributed by atoms with E-state index in [4.69, 9.17) is 0 Å². The third-order valence-corrected chi connectivity index (χ3v) is 5.21. The van der Waals surface area contributed by atoms with E-state index in [0.717, 1.165) is 51.3 Å². The first-order valence-electron chi connectivity index (χ1n) is 10.2. The molecule has 1 amide bonds. The molecule has 1 aliphatic heterocycles. The summed E-state index contributed by atoms with van der Waals surface area (Å²) in [4.78, 5) is 25.7. The second-order valence-corrected chi connectivity index (χ2v) is 7.69. The summed E-state index contributed by atoms with van der Waals surface area (Å²) >= 11 is 0. The fraction of sp³-hybridized carbons (Fsp3) is 0.571. The first kappa shape index (κ1) is 20.3. The Labute approximate surface area is 167 Å². The summed E-state index contributed by atoms with van der Waals surface area (Å²) in [6.45, 7) is 6.52. The molecule has 0 bridgehead atoms. The van der Waals surface area contributed by atoms with Gasteiger partial charge in [0.2, 0.25) is 0 Å². The summed E-state index contributed by atoms with van der Waals surface area (Å²) in [6, 6.07) is 3.82. The predicted molar refractivity (Wildman–Crippen MR) is 112 cm³/mol. The van der Waals surface area contributed by atoms with Crippen LogP contribution in [-0.4, -0.2) is 65.6 Å². The molecular formula is C21H32N6O. The minimum atomic E-state index is -0.0715. The minimum Gasteiger partial charge on any atom is -0.356 e. The number of hydrogen-bond acceptors (Lipinski definition) is 5. The zero-order valence-corrected chi connectivity index (χ0v) is 17.3. The average molecular weight is 385 g/mol. The van der Waals surface area contributed by atoms with Gasteiger partial charge in [0.25, 0.3) is 5.91 Å². The molecule has 3 heterocycles. The largest absolute Gasteiger partial charge is 0.356 e. The van der Waals surface area contributed by atoms with E-state index < -0.39 is 0 Å². The van der Waals surface area contributed by atoms with Crippen LogP contribution in [0.1, 0.15) is 48.3 Å². The van der Waals surface area contributed by atoms with Crippen LogP contribution in [0, 0.1) is 0 Å². The van der Waals surface area contributed by atoms with Crippen LogP contribution >= 0.6 is 0 Å². The lowest BCUT2D eigenvalue weighted by Gasteiger charge is -2.33. The SMILES string of the molecule is CCNC(=O)c1ccc(N2CCCC(c3nccn3CCCN(C)C)C2)nc1. The summed E-state index contributed by atoms with van der Waals surface area (Å²) < 4.78 is 2.31. The maximum Gasteiger partial charge on any atom is 0.252 e. The molecule has 1 unspecified atom stereocenters. The van der Waals surface area contributed by atoms with E-state index in [1.165, 1.54) is 5.82 Å². The zero-order chi connectivity index (χ0) is 19.9. The van der Waals surface area contributed by atoms with Crippen LogP contribution in [0.3, 0.4) is 0 Å². The number of aryl methyl sites for hydroxylation is 1. The van der Waals surface area contributed by atoms with Gasteiger partial charge in [-0.3, -0.25) is 4.79 Å². The molecule has 1 atom stereocenters. The molecule has 1 aliphatic rings. The van der Waals surface area contributed by atoms with Crippen LogP contribution in [0.2, 0.25) is 0 Å². The highest BCUT2D eigenvalue weighted by Gasteiger charge is 2.25. The molecule has 2 aromatic heterocycles. The number of hydrogen-bond donors (Lipinski definition) is 1. The molecule has 1 saturated heterocycles. The van der Waals surface area contributed by atoms with Crippen LogP contribution in [0.5, 0.6) is 0 Å². The highest BCUT2D eigenvalue weighted by molar-refractivity contribution is 5.94. The van der Waals surface area contributed by atoms with Gasteiger partial charge in [0.1, 0.15) is 11.6 Å². The molecule has 3 rings (SSSR count). The molecule has 7 heteroatoms. The Morgan fingerprint density at radius 3 is 2.89 bits per heavy atom. The van der Waals surface area contributed by atoms with Crippen molar-refractivity contribution in [2.45, 2.75) is 38.6 Å². The lowest BCUT2D eigenvalue weighted by atomic mass is 9.97. The van der Waals surface area contributed by atoms with E-state index in [2.05, 4.69) is 49.9 Å². The Morgan fingerprint density at radius 1 is 1.32 bits per heavy atom. The number of anilines is 1. The topological polar surface area (TPSA) is 66.3 Å². The first-order chi connectivity index (χ1) is 13.6. The third kappa shape index (κ3) is 5.10. The molecule has 28 heavy (non-hydrogen) atoms. The summed E-state index contributed by atoms with van der Waals surface area (Å²) in [7, 11) is 4.22. The highest BCUT2D eigenvalue weighted by Crippen LogP contribution is 2.28. The molecule has 7 nitrogen and oxygen atoms in total. The molecule has 0 aliphatic carbocycles. The van der Waals surface area contributed by atoms with Gasteiger partial charge >= 0.3 is 0 Å². The number of piperidine rings is 1. The van der Waals surface area contributed by atoms with Crippen LogP contribution in [-0.2, 0) is 6.54 Å². The van der Waals surface area contributed by atoms with Crippen LogP contribution in [0.25, 0.3) is 0 Å². The van der Waals surface area contributed by atoms with E-state index in [1.807, 2.05) is 25.3 Å². The van der Waals surface area contributed by atoms with Crippen molar-refractivity contribution in [3.8, 4) is 0 Å². The van der Waals surface area contributed by atoms with Crippen molar-refractivity contribution in [3.05, 3.63) is 42.1 Å². The molecule has 152 valence electrons. The molecule has 0 radical (unpaired) electrons. The summed E-state index contributed by atoms with van der Waals surface area (Å²) in [5.41, 5.74) is 0.607. The number of carbonyl (C=O) groups is 1. The van der Waals surface area contributed by atoms with E-state index in [1.54, 1.807) is 6.20 Å². The number of rotatable bonds is 8. The average Bonchev–Trinajstić information content (AvgIpc) is 3.17. The number of aromatic nitrogens is 3. The number of pyridine rings is 1. The number of carbonyl (C=O) groups excluding carboxylic acids is 1. The van der Waals surface area contributed by atoms with Gasteiger partial charge in [-0.15, -0.1) is 0 Å². The lowest BCUT2D eigenvalue weighted by Crippen LogP contribution is -2.36. The third-order valence-electron chi connectivity index (χ3n) is 5.21. The molecule has 1 N–H and O–H groups in total. The van der Waals surface area contributed by atoms with Crippen molar-refractivity contribution in [2.24, 2.45) is 0 Å². The number of amides is 1. The standard InChI is InChI=1S/C21H32N6O/c1-4-22-21(28)17-8-9-19(24-15-17)27-12-5-7-18(16-27)20-23-10-14-26(20)13-6-11-25(2)3/h8-10,14-15,18H,4-7,11-13,16H2,1-3H3,(H,22,28). The Hall–Kier alpha value is -2.41. The molecule has 0 aromatic carbocycles. The van der Waals surface area contributed by atoms with E-state index in [9.17, 15) is 4.79 Å². The Balaban J connectivity index is 1.65. The summed E-state index contributed by atoms with van der Waals surface area (Å²) in [5, 5.41) is 2.81. The van der Waals surface area contributed by atoms with E-state index >= 15 is 0 Å². The van der Waals surface area contributed by atoms with Crippen LogP contribution < -0.4 is 10.2 Å². The van der Waals surface area contributed by atoms with Gasteiger partial charge in [-0.2, -0.15) is 0 Å².